The molecule has 5 N–H and O–H groups in total. The molecule has 66 valence electrons. The molecule has 0 heterocycles. The number of amides is 1. The Morgan fingerprint density at radius 1 is 1.55 bits per heavy atom. The molecule has 0 aliphatic heterocycles. The average Bonchev–Trinajstić information content (AvgIpc) is 1.86. The van der Waals surface area contributed by atoms with Gasteiger partial charge in [0, 0.05) is 0 Å². The predicted octanol–water partition coefficient (Wildman–Crippen LogP) is -0.650. The minimum atomic E-state index is -0.561. The van der Waals surface area contributed by atoms with E-state index in [0.717, 1.165) is 6.42 Å². The zero-order chi connectivity index (χ0) is 8.85. The zero-order valence-electron chi connectivity index (χ0n) is 6.79. The first kappa shape index (κ1) is 10.4. The summed E-state index contributed by atoms with van der Waals surface area (Å²) in [7, 11) is 0. The molecule has 0 aliphatic rings. The van der Waals surface area contributed by atoms with Gasteiger partial charge in [-0.05, 0) is 26.2 Å². The number of carbonyl (C=O) groups excluding carboxylic acids is 1. The third-order valence-electron chi connectivity index (χ3n) is 1.50. The van der Waals surface area contributed by atoms with E-state index >= 15 is 0 Å². The molecule has 0 saturated heterocycles. The molecule has 0 spiro atoms. The van der Waals surface area contributed by atoms with Gasteiger partial charge >= 0.3 is 0 Å². The SMILES string of the molecule is CC(O)CCCC(N)C(N)=O. The molecule has 4 nitrogen and oxygen atoms in total. The molecular weight excluding hydrogens is 144 g/mol. The van der Waals surface area contributed by atoms with Gasteiger partial charge in [0.2, 0.25) is 5.91 Å². The number of rotatable bonds is 5. The summed E-state index contributed by atoms with van der Waals surface area (Å²) in [6, 6.07) is -0.561. The van der Waals surface area contributed by atoms with E-state index in [2.05, 4.69) is 0 Å². The zero-order valence-corrected chi connectivity index (χ0v) is 6.79. The number of hydrogen-bond donors (Lipinski definition) is 3. The van der Waals surface area contributed by atoms with Gasteiger partial charge in [0.15, 0.2) is 0 Å². The number of aliphatic hydroxyl groups excluding tert-OH is 1. The molecule has 0 aromatic heterocycles. The van der Waals surface area contributed by atoms with Crippen LogP contribution in [0.3, 0.4) is 0 Å². The van der Waals surface area contributed by atoms with E-state index in [4.69, 9.17) is 16.6 Å². The first-order valence-electron chi connectivity index (χ1n) is 3.77. The van der Waals surface area contributed by atoms with E-state index in [1.165, 1.54) is 0 Å². The second kappa shape index (κ2) is 5.09. The van der Waals surface area contributed by atoms with Crippen LogP contribution < -0.4 is 11.5 Å². The highest BCUT2D eigenvalue weighted by molar-refractivity contribution is 5.79. The van der Waals surface area contributed by atoms with E-state index in [1.54, 1.807) is 6.92 Å². The normalized spacial score (nSPS) is 15.9. The lowest BCUT2D eigenvalue weighted by molar-refractivity contribution is -0.119. The third kappa shape index (κ3) is 5.82. The summed E-state index contributed by atoms with van der Waals surface area (Å²) < 4.78 is 0. The molecule has 0 aromatic rings. The lowest BCUT2D eigenvalue weighted by Gasteiger charge is -2.07. The Bertz CT molecular complexity index is 126. The maximum absolute atomic E-state index is 10.4. The van der Waals surface area contributed by atoms with Gasteiger partial charge in [-0.2, -0.15) is 0 Å². The molecule has 11 heavy (non-hydrogen) atoms. The van der Waals surface area contributed by atoms with Crippen LogP contribution in [0, 0.1) is 0 Å². The van der Waals surface area contributed by atoms with Crippen LogP contribution in [0.2, 0.25) is 0 Å². The van der Waals surface area contributed by atoms with Gasteiger partial charge in [-0.3, -0.25) is 4.79 Å². The van der Waals surface area contributed by atoms with Gasteiger partial charge in [0.05, 0.1) is 12.1 Å². The highest BCUT2D eigenvalue weighted by Gasteiger charge is 2.08. The second-order valence-electron chi connectivity index (χ2n) is 2.79. The summed E-state index contributed by atoms with van der Waals surface area (Å²) in [5, 5.41) is 8.85. The fraction of sp³-hybridized carbons (Fsp3) is 0.857. The van der Waals surface area contributed by atoms with E-state index in [0.29, 0.717) is 12.8 Å². The number of hydrogen-bond acceptors (Lipinski definition) is 3. The molecule has 0 saturated carbocycles. The molecule has 0 rings (SSSR count). The molecule has 2 unspecified atom stereocenters. The van der Waals surface area contributed by atoms with Crippen molar-refractivity contribution in [2.45, 2.75) is 38.3 Å². The predicted molar refractivity (Wildman–Crippen MR) is 42.7 cm³/mol. The van der Waals surface area contributed by atoms with Crippen LogP contribution in [-0.2, 0) is 4.79 Å². The molecule has 0 bridgehead atoms. The summed E-state index contributed by atoms with van der Waals surface area (Å²) in [6.45, 7) is 1.70. The summed E-state index contributed by atoms with van der Waals surface area (Å²) in [4.78, 5) is 10.4. The van der Waals surface area contributed by atoms with Crippen molar-refractivity contribution < 1.29 is 9.90 Å². The molecule has 0 aromatic carbocycles. The van der Waals surface area contributed by atoms with E-state index < -0.39 is 11.9 Å². The Labute approximate surface area is 66.6 Å². The summed E-state index contributed by atoms with van der Waals surface area (Å²) in [5.74, 6) is -0.476. The smallest absolute Gasteiger partial charge is 0.234 e. The molecule has 0 radical (unpaired) electrons. The van der Waals surface area contributed by atoms with Gasteiger partial charge in [-0.15, -0.1) is 0 Å². The summed E-state index contributed by atoms with van der Waals surface area (Å²) >= 11 is 0. The number of aliphatic hydroxyl groups is 1. The van der Waals surface area contributed by atoms with E-state index in [-0.39, 0.29) is 6.10 Å². The largest absolute Gasteiger partial charge is 0.393 e. The van der Waals surface area contributed by atoms with Crippen molar-refractivity contribution >= 4 is 5.91 Å². The fourth-order valence-corrected chi connectivity index (χ4v) is 0.775. The highest BCUT2D eigenvalue weighted by Crippen LogP contribution is 2.01. The topological polar surface area (TPSA) is 89.3 Å². The molecule has 2 atom stereocenters. The van der Waals surface area contributed by atoms with Crippen molar-refractivity contribution in [3.05, 3.63) is 0 Å². The standard InChI is InChI=1S/C7H16N2O2/c1-5(10)3-2-4-6(8)7(9)11/h5-6,10H,2-4,8H2,1H3,(H2,9,11). The number of primary amides is 1. The average molecular weight is 160 g/mol. The maximum Gasteiger partial charge on any atom is 0.234 e. The number of carbonyl (C=O) groups is 1. The quantitative estimate of drug-likeness (QED) is 0.499. The Morgan fingerprint density at radius 2 is 2.09 bits per heavy atom. The van der Waals surface area contributed by atoms with Crippen molar-refractivity contribution in [2.75, 3.05) is 0 Å². The molecule has 4 heteroatoms. The van der Waals surface area contributed by atoms with Crippen LogP contribution >= 0.6 is 0 Å². The van der Waals surface area contributed by atoms with Gasteiger partial charge in [-0.25, -0.2) is 0 Å². The van der Waals surface area contributed by atoms with Crippen molar-refractivity contribution in [1.29, 1.82) is 0 Å². The summed E-state index contributed by atoms with van der Waals surface area (Å²) in [5.41, 5.74) is 10.3. The van der Waals surface area contributed by atoms with Crippen molar-refractivity contribution in [3.63, 3.8) is 0 Å². The van der Waals surface area contributed by atoms with Crippen molar-refractivity contribution in [2.24, 2.45) is 11.5 Å². The van der Waals surface area contributed by atoms with Gasteiger partial charge in [0.1, 0.15) is 0 Å². The Balaban J connectivity index is 3.31. The van der Waals surface area contributed by atoms with E-state index in [1.807, 2.05) is 0 Å². The van der Waals surface area contributed by atoms with Gasteiger partial charge < -0.3 is 16.6 Å². The van der Waals surface area contributed by atoms with Crippen LogP contribution in [0.1, 0.15) is 26.2 Å². The van der Waals surface area contributed by atoms with Crippen LogP contribution in [-0.4, -0.2) is 23.2 Å². The van der Waals surface area contributed by atoms with Crippen molar-refractivity contribution in [3.8, 4) is 0 Å². The van der Waals surface area contributed by atoms with Crippen LogP contribution in [0.4, 0.5) is 0 Å². The van der Waals surface area contributed by atoms with Gasteiger partial charge in [0.25, 0.3) is 0 Å². The first-order chi connectivity index (χ1) is 5.04. The Kier molecular flexibility index (Phi) is 4.81. The molecular formula is C7H16N2O2. The van der Waals surface area contributed by atoms with E-state index in [9.17, 15) is 4.79 Å². The minimum Gasteiger partial charge on any atom is -0.393 e. The van der Waals surface area contributed by atoms with Gasteiger partial charge in [-0.1, -0.05) is 0 Å². The molecule has 0 fully saturated rings. The lowest BCUT2D eigenvalue weighted by Crippen LogP contribution is -2.36. The second-order valence-corrected chi connectivity index (χ2v) is 2.79. The lowest BCUT2D eigenvalue weighted by atomic mass is 10.1. The molecule has 0 aliphatic carbocycles. The Hall–Kier alpha value is -0.610. The Morgan fingerprint density at radius 3 is 2.45 bits per heavy atom. The third-order valence-corrected chi connectivity index (χ3v) is 1.50. The minimum absolute atomic E-state index is 0.324. The monoisotopic (exact) mass is 160 g/mol. The van der Waals surface area contributed by atoms with Crippen LogP contribution in [0.15, 0.2) is 0 Å². The molecule has 1 amide bonds. The first-order valence-corrected chi connectivity index (χ1v) is 3.77. The number of nitrogens with two attached hydrogens (primary N) is 2. The summed E-state index contributed by atoms with van der Waals surface area (Å²) in [6.07, 6.45) is 1.64. The van der Waals surface area contributed by atoms with Crippen molar-refractivity contribution in [1.82, 2.24) is 0 Å². The van der Waals surface area contributed by atoms with Crippen LogP contribution in [0.5, 0.6) is 0 Å². The highest BCUT2D eigenvalue weighted by atomic mass is 16.3. The maximum atomic E-state index is 10.4. The van der Waals surface area contributed by atoms with Crippen LogP contribution in [0.25, 0.3) is 0 Å². The fourth-order valence-electron chi connectivity index (χ4n) is 0.775.